The Morgan fingerprint density at radius 2 is 2.00 bits per heavy atom. The summed E-state index contributed by atoms with van der Waals surface area (Å²) in [5.41, 5.74) is 2.50. The maximum Gasteiger partial charge on any atom is 0.230 e. The second-order valence-corrected chi connectivity index (χ2v) is 6.59. The van der Waals surface area contributed by atoms with Gasteiger partial charge in [0.1, 0.15) is 5.01 Å². The van der Waals surface area contributed by atoms with Crippen LogP contribution in [-0.2, 0) is 11.2 Å². The predicted octanol–water partition coefficient (Wildman–Crippen LogP) is 4.07. The highest BCUT2D eigenvalue weighted by molar-refractivity contribution is 7.13. The van der Waals surface area contributed by atoms with Crippen LogP contribution >= 0.6 is 22.7 Å². The van der Waals surface area contributed by atoms with E-state index in [2.05, 4.69) is 10.3 Å². The Morgan fingerprint density at radius 1 is 1.17 bits per heavy atom. The summed E-state index contributed by atoms with van der Waals surface area (Å²) >= 11 is 3.05. The van der Waals surface area contributed by atoms with Crippen molar-refractivity contribution >= 4 is 34.3 Å². The fraction of sp³-hybridized carbons (Fsp3) is 0.176. The zero-order chi connectivity index (χ0) is 16.9. The molecule has 0 unspecified atom stereocenters. The molecule has 7 heteroatoms. The Morgan fingerprint density at radius 3 is 2.71 bits per heavy atom. The van der Waals surface area contributed by atoms with E-state index in [0.29, 0.717) is 11.5 Å². The molecule has 1 amide bonds. The first-order valence-corrected chi connectivity index (χ1v) is 9.00. The second-order valence-electron chi connectivity index (χ2n) is 4.95. The Kier molecular flexibility index (Phi) is 5.12. The lowest BCUT2D eigenvalue weighted by Gasteiger charge is -2.08. The number of ether oxygens (including phenoxy) is 2. The number of nitrogens with zero attached hydrogens (tertiary/aromatic N) is 1. The average Bonchev–Trinajstić information content (AvgIpc) is 3.26. The lowest BCUT2D eigenvalue weighted by Crippen LogP contribution is -2.13. The lowest BCUT2D eigenvalue weighted by atomic mass is 10.2. The lowest BCUT2D eigenvalue weighted by molar-refractivity contribution is -0.115. The highest BCUT2D eigenvalue weighted by atomic mass is 32.1. The summed E-state index contributed by atoms with van der Waals surface area (Å²) in [7, 11) is 3.20. The molecular formula is C17H16N2O3S2. The van der Waals surface area contributed by atoms with Gasteiger partial charge in [-0.25, -0.2) is 4.98 Å². The van der Waals surface area contributed by atoms with Crippen LogP contribution in [0.25, 0.3) is 10.6 Å². The number of carbonyl (C=O) groups excluding carboxylic acids is 1. The Hall–Kier alpha value is -2.38. The van der Waals surface area contributed by atoms with Crippen LogP contribution in [0.1, 0.15) is 5.69 Å². The van der Waals surface area contributed by atoms with Gasteiger partial charge in [0.25, 0.3) is 0 Å². The molecular weight excluding hydrogens is 344 g/mol. The van der Waals surface area contributed by atoms with Gasteiger partial charge in [-0.15, -0.1) is 11.3 Å². The van der Waals surface area contributed by atoms with Crippen LogP contribution in [0.5, 0.6) is 11.5 Å². The van der Waals surface area contributed by atoms with Gasteiger partial charge in [0.05, 0.1) is 32.0 Å². The topological polar surface area (TPSA) is 60.5 Å². The van der Waals surface area contributed by atoms with E-state index in [4.69, 9.17) is 9.47 Å². The van der Waals surface area contributed by atoms with Crippen molar-refractivity contribution in [3.05, 3.63) is 46.1 Å². The minimum absolute atomic E-state index is 0.0717. The van der Waals surface area contributed by atoms with Crippen molar-refractivity contribution < 1.29 is 14.3 Å². The summed E-state index contributed by atoms with van der Waals surface area (Å²) in [5.74, 6) is 1.26. The van der Waals surface area contributed by atoms with E-state index >= 15 is 0 Å². The number of aromatic nitrogens is 1. The molecule has 0 fully saturated rings. The van der Waals surface area contributed by atoms with Crippen LogP contribution in [0, 0.1) is 0 Å². The first kappa shape index (κ1) is 16.5. The second kappa shape index (κ2) is 7.46. The van der Waals surface area contributed by atoms with Crippen molar-refractivity contribution in [1.29, 1.82) is 0 Å². The van der Waals surface area contributed by atoms with Gasteiger partial charge in [0.2, 0.25) is 5.91 Å². The molecule has 0 atom stereocenters. The number of methoxy groups -OCH3 is 2. The molecule has 0 saturated heterocycles. The average molecular weight is 360 g/mol. The molecule has 2 heterocycles. The zero-order valence-corrected chi connectivity index (χ0v) is 14.9. The molecule has 0 spiro atoms. The Balaban J connectivity index is 1.72. The molecule has 1 N–H and O–H groups in total. The molecule has 124 valence electrons. The van der Waals surface area contributed by atoms with Crippen molar-refractivity contribution in [2.75, 3.05) is 19.5 Å². The minimum atomic E-state index is -0.0717. The maximum absolute atomic E-state index is 12.0. The van der Waals surface area contributed by atoms with Crippen molar-refractivity contribution in [1.82, 2.24) is 4.98 Å². The Bertz CT molecular complexity index is 828. The largest absolute Gasteiger partial charge is 0.493 e. The summed E-state index contributed by atoms with van der Waals surface area (Å²) < 4.78 is 10.6. The minimum Gasteiger partial charge on any atom is -0.493 e. The number of hydrogen-bond donors (Lipinski definition) is 1. The molecule has 0 radical (unpaired) electrons. The van der Waals surface area contributed by atoms with Gasteiger partial charge < -0.3 is 14.8 Å². The van der Waals surface area contributed by atoms with Crippen molar-refractivity contribution in [3.63, 3.8) is 0 Å². The first-order valence-electron chi connectivity index (χ1n) is 7.18. The molecule has 3 rings (SSSR count). The highest BCUT2D eigenvalue weighted by Crippen LogP contribution is 2.33. The molecule has 0 aliphatic rings. The first-order chi connectivity index (χ1) is 11.7. The summed E-state index contributed by atoms with van der Waals surface area (Å²) in [4.78, 5) is 16.6. The van der Waals surface area contributed by atoms with Crippen LogP contribution in [0.15, 0.2) is 40.4 Å². The van der Waals surface area contributed by atoms with Crippen LogP contribution in [0.3, 0.4) is 0 Å². The van der Waals surface area contributed by atoms with Crippen LogP contribution in [0.4, 0.5) is 5.69 Å². The SMILES string of the molecule is COc1ccc(-c2nc(CC(=O)Nc3ccsc3)cs2)cc1OC. The highest BCUT2D eigenvalue weighted by Gasteiger charge is 2.12. The van der Waals surface area contributed by atoms with Crippen molar-refractivity contribution in [2.24, 2.45) is 0 Å². The number of thiophene rings is 1. The predicted molar refractivity (Wildman–Crippen MR) is 97.3 cm³/mol. The van der Waals surface area contributed by atoms with E-state index in [1.165, 1.54) is 11.3 Å². The molecule has 1 aromatic carbocycles. The molecule has 5 nitrogen and oxygen atoms in total. The van der Waals surface area contributed by atoms with E-state index in [-0.39, 0.29) is 12.3 Å². The fourth-order valence-electron chi connectivity index (χ4n) is 2.20. The fourth-order valence-corrected chi connectivity index (χ4v) is 3.60. The van der Waals surface area contributed by atoms with Crippen LogP contribution in [-0.4, -0.2) is 25.1 Å². The van der Waals surface area contributed by atoms with Gasteiger partial charge in [-0.1, -0.05) is 0 Å². The number of thiazole rings is 1. The van der Waals surface area contributed by atoms with Gasteiger partial charge in [-0.2, -0.15) is 11.3 Å². The third-order valence-electron chi connectivity index (χ3n) is 3.33. The monoisotopic (exact) mass is 360 g/mol. The zero-order valence-electron chi connectivity index (χ0n) is 13.2. The van der Waals surface area contributed by atoms with Gasteiger partial charge in [-0.05, 0) is 29.6 Å². The number of benzene rings is 1. The van der Waals surface area contributed by atoms with Gasteiger partial charge >= 0.3 is 0 Å². The number of carbonyl (C=O) groups is 1. The normalized spacial score (nSPS) is 10.4. The summed E-state index contributed by atoms with van der Waals surface area (Å²) in [6, 6.07) is 7.53. The summed E-state index contributed by atoms with van der Waals surface area (Å²) in [6.45, 7) is 0. The number of hydrogen-bond acceptors (Lipinski definition) is 6. The summed E-state index contributed by atoms with van der Waals surface area (Å²) in [6.07, 6.45) is 0.250. The number of nitrogens with one attached hydrogen (secondary N) is 1. The number of amides is 1. The number of anilines is 1. The van der Waals surface area contributed by atoms with Gasteiger partial charge in [0, 0.05) is 16.3 Å². The third-order valence-corrected chi connectivity index (χ3v) is 4.95. The van der Waals surface area contributed by atoms with E-state index < -0.39 is 0 Å². The number of rotatable bonds is 6. The van der Waals surface area contributed by atoms with E-state index in [0.717, 1.165) is 22.0 Å². The molecule has 3 aromatic rings. The molecule has 0 bridgehead atoms. The van der Waals surface area contributed by atoms with Gasteiger partial charge in [-0.3, -0.25) is 4.79 Å². The van der Waals surface area contributed by atoms with Crippen LogP contribution in [0.2, 0.25) is 0 Å². The Labute approximate surface area is 147 Å². The maximum atomic E-state index is 12.0. The molecule has 24 heavy (non-hydrogen) atoms. The summed E-state index contributed by atoms with van der Waals surface area (Å²) in [5, 5.41) is 9.42. The van der Waals surface area contributed by atoms with E-state index in [9.17, 15) is 4.79 Å². The third kappa shape index (κ3) is 3.74. The smallest absolute Gasteiger partial charge is 0.230 e. The standard InChI is InChI=1S/C17H16N2O3S2/c1-21-14-4-3-11(7-15(14)22-2)17-19-13(10-24-17)8-16(20)18-12-5-6-23-9-12/h3-7,9-10H,8H2,1-2H3,(H,18,20). The van der Waals surface area contributed by atoms with E-state index in [1.54, 1.807) is 25.6 Å². The molecule has 0 aliphatic carbocycles. The van der Waals surface area contributed by atoms with Crippen LogP contribution < -0.4 is 14.8 Å². The van der Waals surface area contributed by atoms with E-state index in [1.807, 2.05) is 40.4 Å². The van der Waals surface area contributed by atoms with Gasteiger partial charge in [0.15, 0.2) is 11.5 Å². The van der Waals surface area contributed by atoms with Crippen molar-refractivity contribution in [3.8, 4) is 22.1 Å². The quantitative estimate of drug-likeness (QED) is 0.720. The molecule has 2 aromatic heterocycles. The molecule has 0 saturated carbocycles. The molecule has 0 aliphatic heterocycles. The van der Waals surface area contributed by atoms with Crippen molar-refractivity contribution in [2.45, 2.75) is 6.42 Å².